The molecule has 0 saturated heterocycles. The second-order valence-electron chi connectivity index (χ2n) is 4.92. The number of hydrogen-bond donors (Lipinski definition) is 1. The summed E-state index contributed by atoms with van der Waals surface area (Å²) in [4.78, 5) is 0. The fraction of sp³-hybridized carbons (Fsp3) is 0.294. The number of rotatable bonds is 5. The maximum atomic E-state index is 13.5. The number of halogens is 1. The van der Waals surface area contributed by atoms with E-state index in [9.17, 15) is 4.39 Å². The van der Waals surface area contributed by atoms with E-state index in [1.165, 1.54) is 24.3 Å². The quantitative estimate of drug-likeness (QED) is 0.898. The highest BCUT2D eigenvalue weighted by molar-refractivity contribution is 5.33. The van der Waals surface area contributed by atoms with Crippen LogP contribution in [0.1, 0.15) is 22.7 Å². The molecule has 2 rings (SSSR count). The Hall–Kier alpha value is -1.87. The molecule has 2 aromatic rings. The third-order valence-corrected chi connectivity index (χ3v) is 3.49. The molecule has 0 spiro atoms. The normalized spacial score (nSPS) is 12.2. The van der Waals surface area contributed by atoms with Crippen LogP contribution < -0.4 is 10.1 Å². The van der Waals surface area contributed by atoms with Crippen molar-refractivity contribution in [3.8, 4) is 5.75 Å². The van der Waals surface area contributed by atoms with Crippen molar-refractivity contribution in [2.45, 2.75) is 19.4 Å². The molecule has 0 heterocycles. The van der Waals surface area contributed by atoms with Crippen LogP contribution in [0.2, 0.25) is 0 Å². The van der Waals surface area contributed by atoms with Crippen molar-refractivity contribution in [2.24, 2.45) is 0 Å². The minimum absolute atomic E-state index is 0.132. The van der Waals surface area contributed by atoms with Gasteiger partial charge in [0.15, 0.2) is 11.6 Å². The van der Waals surface area contributed by atoms with E-state index in [0.717, 1.165) is 12.0 Å². The Kier molecular flexibility index (Phi) is 4.74. The first-order chi connectivity index (χ1) is 9.63. The summed E-state index contributed by atoms with van der Waals surface area (Å²) in [5.74, 6) is -0.0481. The van der Waals surface area contributed by atoms with E-state index in [-0.39, 0.29) is 17.6 Å². The number of methoxy groups -OCH3 is 1. The van der Waals surface area contributed by atoms with Gasteiger partial charge in [-0.15, -0.1) is 0 Å². The smallest absolute Gasteiger partial charge is 0.165 e. The van der Waals surface area contributed by atoms with Crippen LogP contribution in [0.4, 0.5) is 4.39 Å². The average Bonchev–Trinajstić information content (AvgIpc) is 2.47. The summed E-state index contributed by atoms with van der Waals surface area (Å²) in [6.45, 7) is 2.07. The highest BCUT2D eigenvalue weighted by atomic mass is 19.1. The van der Waals surface area contributed by atoms with E-state index in [0.29, 0.717) is 0 Å². The zero-order valence-electron chi connectivity index (χ0n) is 12.1. The van der Waals surface area contributed by atoms with Gasteiger partial charge >= 0.3 is 0 Å². The molecule has 20 heavy (non-hydrogen) atoms. The van der Waals surface area contributed by atoms with Crippen molar-refractivity contribution in [3.63, 3.8) is 0 Å². The van der Waals surface area contributed by atoms with Gasteiger partial charge in [-0.3, -0.25) is 0 Å². The van der Waals surface area contributed by atoms with Crippen molar-refractivity contribution >= 4 is 0 Å². The van der Waals surface area contributed by atoms with Crippen LogP contribution in [-0.4, -0.2) is 14.2 Å². The van der Waals surface area contributed by atoms with Gasteiger partial charge in [0.05, 0.1) is 7.11 Å². The van der Waals surface area contributed by atoms with E-state index in [1.807, 2.05) is 7.05 Å². The monoisotopic (exact) mass is 273 g/mol. The molecule has 0 amide bonds. The molecule has 0 saturated carbocycles. The summed E-state index contributed by atoms with van der Waals surface area (Å²) in [6, 6.07) is 13.6. The molecule has 0 bridgehead atoms. The third kappa shape index (κ3) is 3.36. The number of hydrogen-bond acceptors (Lipinski definition) is 2. The lowest BCUT2D eigenvalue weighted by Gasteiger charge is -2.18. The van der Waals surface area contributed by atoms with Crippen LogP contribution in [0.15, 0.2) is 42.5 Å². The number of aryl methyl sites for hydroxylation is 1. The minimum atomic E-state index is -0.332. The van der Waals surface area contributed by atoms with Crippen LogP contribution in [0.5, 0.6) is 5.75 Å². The molecular weight excluding hydrogens is 253 g/mol. The Morgan fingerprint density at radius 1 is 1.15 bits per heavy atom. The molecule has 0 radical (unpaired) electrons. The van der Waals surface area contributed by atoms with Gasteiger partial charge in [-0.1, -0.05) is 35.9 Å². The van der Waals surface area contributed by atoms with Gasteiger partial charge in [0.1, 0.15) is 0 Å². The highest BCUT2D eigenvalue weighted by Crippen LogP contribution is 2.24. The maximum absolute atomic E-state index is 13.5. The van der Waals surface area contributed by atoms with Crippen LogP contribution in [0.3, 0.4) is 0 Å². The van der Waals surface area contributed by atoms with Gasteiger partial charge < -0.3 is 10.1 Å². The molecule has 1 unspecified atom stereocenters. The molecule has 2 aromatic carbocycles. The Morgan fingerprint density at radius 3 is 2.45 bits per heavy atom. The molecule has 0 aromatic heterocycles. The number of ether oxygens (including phenoxy) is 1. The van der Waals surface area contributed by atoms with E-state index in [1.54, 1.807) is 12.1 Å². The van der Waals surface area contributed by atoms with Crippen molar-refractivity contribution < 1.29 is 9.13 Å². The molecule has 3 heteroatoms. The molecule has 1 atom stereocenters. The predicted molar refractivity (Wildman–Crippen MR) is 79.6 cm³/mol. The molecule has 1 N–H and O–H groups in total. The zero-order valence-corrected chi connectivity index (χ0v) is 12.1. The summed E-state index contributed by atoms with van der Waals surface area (Å²) in [7, 11) is 3.39. The van der Waals surface area contributed by atoms with Gasteiger partial charge in [-0.05, 0) is 43.7 Å². The Bertz CT molecular complexity index is 566. The summed E-state index contributed by atoms with van der Waals surface area (Å²) < 4.78 is 18.5. The van der Waals surface area contributed by atoms with Crippen molar-refractivity contribution in [2.75, 3.05) is 14.2 Å². The Morgan fingerprint density at radius 2 is 1.85 bits per heavy atom. The van der Waals surface area contributed by atoms with Gasteiger partial charge in [-0.25, -0.2) is 4.39 Å². The highest BCUT2D eigenvalue weighted by Gasteiger charge is 2.13. The van der Waals surface area contributed by atoms with Gasteiger partial charge in [-0.2, -0.15) is 0 Å². The summed E-state index contributed by atoms with van der Waals surface area (Å²) in [5.41, 5.74) is 3.52. The zero-order chi connectivity index (χ0) is 14.5. The fourth-order valence-electron chi connectivity index (χ4n) is 2.24. The first-order valence-corrected chi connectivity index (χ1v) is 6.70. The molecule has 2 nitrogen and oxygen atoms in total. The first kappa shape index (κ1) is 14.5. The number of benzene rings is 2. The molecule has 0 aliphatic heterocycles. The maximum Gasteiger partial charge on any atom is 0.165 e. The molecule has 106 valence electrons. The van der Waals surface area contributed by atoms with Gasteiger partial charge in [0.25, 0.3) is 0 Å². The number of nitrogens with one attached hydrogen (secondary N) is 1. The van der Waals surface area contributed by atoms with Crippen molar-refractivity contribution in [1.29, 1.82) is 0 Å². The first-order valence-electron chi connectivity index (χ1n) is 6.70. The van der Waals surface area contributed by atoms with Crippen LogP contribution in [-0.2, 0) is 6.42 Å². The minimum Gasteiger partial charge on any atom is -0.494 e. The van der Waals surface area contributed by atoms with E-state index < -0.39 is 0 Å². The predicted octanol–water partition coefficient (Wildman–Crippen LogP) is 3.65. The molecule has 0 aliphatic carbocycles. The second kappa shape index (κ2) is 6.53. The summed E-state index contributed by atoms with van der Waals surface area (Å²) in [6.07, 6.45) is 0.853. The topological polar surface area (TPSA) is 21.3 Å². The lowest BCUT2D eigenvalue weighted by Crippen LogP contribution is -2.19. The van der Waals surface area contributed by atoms with E-state index in [4.69, 9.17) is 4.74 Å². The molecule has 0 fully saturated rings. The van der Waals surface area contributed by atoms with Crippen LogP contribution in [0.25, 0.3) is 0 Å². The van der Waals surface area contributed by atoms with E-state index >= 15 is 0 Å². The van der Waals surface area contributed by atoms with Crippen LogP contribution in [0, 0.1) is 12.7 Å². The Labute approximate surface area is 119 Å². The number of likely N-dealkylation sites (N-methyl/N-ethyl adjacent to an activating group) is 1. The average molecular weight is 273 g/mol. The van der Waals surface area contributed by atoms with Crippen molar-refractivity contribution in [3.05, 3.63) is 65.0 Å². The van der Waals surface area contributed by atoms with Crippen LogP contribution >= 0.6 is 0 Å². The van der Waals surface area contributed by atoms with Gasteiger partial charge in [0.2, 0.25) is 0 Å². The largest absolute Gasteiger partial charge is 0.494 e. The second-order valence-corrected chi connectivity index (χ2v) is 4.92. The third-order valence-electron chi connectivity index (χ3n) is 3.49. The Balaban J connectivity index is 2.21. The van der Waals surface area contributed by atoms with Gasteiger partial charge in [0, 0.05) is 6.04 Å². The lowest BCUT2D eigenvalue weighted by atomic mass is 9.98. The summed E-state index contributed by atoms with van der Waals surface area (Å²) >= 11 is 0. The lowest BCUT2D eigenvalue weighted by molar-refractivity contribution is 0.385. The SMILES string of the molecule is CNC(Cc1ccc(C)cc1)c1ccc(F)c(OC)c1. The molecule has 0 aliphatic rings. The summed E-state index contributed by atoms with van der Waals surface area (Å²) in [5, 5.41) is 3.27. The van der Waals surface area contributed by atoms with E-state index in [2.05, 4.69) is 36.5 Å². The molecular formula is C17H20FNO. The fourth-order valence-corrected chi connectivity index (χ4v) is 2.24. The van der Waals surface area contributed by atoms with Crippen molar-refractivity contribution in [1.82, 2.24) is 5.32 Å². The standard InChI is InChI=1S/C17H20FNO/c1-12-4-6-13(7-5-12)10-16(19-2)14-8-9-15(18)17(11-14)20-3/h4-9,11,16,19H,10H2,1-3H3.